The number of ether oxygens (including phenoxy) is 2. The van der Waals surface area contributed by atoms with Crippen LogP contribution in [0, 0.1) is 11.8 Å². The first kappa shape index (κ1) is 19.0. The number of aromatic nitrogens is 1. The molecule has 4 nitrogen and oxygen atoms in total. The summed E-state index contributed by atoms with van der Waals surface area (Å²) >= 11 is 0. The number of para-hydroxylation sites is 1. The van der Waals surface area contributed by atoms with Gasteiger partial charge in [-0.25, -0.2) is 0 Å². The Kier molecular flexibility index (Phi) is 4.81. The highest BCUT2D eigenvalue weighted by atomic mass is 19.4. The van der Waals surface area contributed by atoms with E-state index in [1.807, 2.05) is 0 Å². The topological polar surface area (TPSA) is 44.5 Å². The van der Waals surface area contributed by atoms with Crippen LogP contribution < -0.4 is 4.74 Å². The third-order valence-electron chi connectivity index (χ3n) is 6.44. The van der Waals surface area contributed by atoms with Gasteiger partial charge in [-0.2, -0.15) is 0 Å². The molecule has 2 unspecified atom stereocenters. The summed E-state index contributed by atoms with van der Waals surface area (Å²) in [6, 6.07) is 6.08. The minimum Gasteiger partial charge on any atom is -0.405 e. The average Bonchev–Trinajstić information content (AvgIpc) is 3.35. The lowest BCUT2D eigenvalue weighted by Crippen LogP contribution is -2.23. The quantitative estimate of drug-likeness (QED) is 0.571. The van der Waals surface area contributed by atoms with Gasteiger partial charge in [0.05, 0.1) is 12.7 Å². The number of alkyl halides is 3. The van der Waals surface area contributed by atoms with E-state index < -0.39 is 6.36 Å². The van der Waals surface area contributed by atoms with Crippen LogP contribution in [0.25, 0.3) is 11.3 Å². The Morgan fingerprint density at radius 2 is 1.72 bits per heavy atom. The number of hydrogen-bond acceptors (Lipinski definition) is 4. The van der Waals surface area contributed by atoms with Gasteiger partial charge in [0.25, 0.3) is 0 Å². The van der Waals surface area contributed by atoms with Crippen molar-refractivity contribution in [1.29, 1.82) is 0 Å². The second kappa shape index (κ2) is 7.35. The van der Waals surface area contributed by atoms with Crippen LogP contribution in [0.2, 0.25) is 0 Å². The van der Waals surface area contributed by atoms with Gasteiger partial charge in [-0.1, -0.05) is 30.1 Å². The van der Waals surface area contributed by atoms with Gasteiger partial charge in [-0.05, 0) is 56.1 Å². The number of halogens is 3. The van der Waals surface area contributed by atoms with Crippen LogP contribution in [0.5, 0.6) is 5.75 Å². The van der Waals surface area contributed by atoms with Crippen molar-refractivity contribution in [3.05, 3.63) is 35.6 Å². The Morgan fingerprint density at radius 1 is 1.00 bits per heavy atom. The van der Waals surface area contributed by atoms with Gasteiger partial charge in [-0.15, -0.1) is 13.2 Å². The molecule has 0 spiro atoms. The SMILES string of the molecule is FC(F)(F)Oc1ccccc1-c1noc(C2CC2)c1COC1CC2CC[C@H](C2)C1. The Morgan fingerprint density at radius 3 is 2.41 bits per heavy atom. The normalized spacial score (nSPS) is 26.7. The molecule has 5 rings (SSSR count). The van der Waals surface area contributed by atoms with Gasteiger partial charge in [0, 0.05) is 17.0 Å². The summed E-state index contributed by atoms with van der Waals surface area (Å²) in [7, 11) is 0. The first-order valence-electron chi connectivity index (χ1n) is 10.4. The highest BCUT2D eigenvalue weighted by Crippen LogP contribution is 2.47. The first-order valence-corrected chi connectivity index (χ1v) is 10.4. The van der Waals surface area contributed by atoms with E-state index in [0.717, 1.165) is 48.8 Å². The van der Waals surface area contributed by atoms with Crippen molar-refractivity contribution in [1.82, 2.24) is 5.16 Å². The molecule has 0 N–H and O–H groups in total. The van der Waals surface area contributed by atoms with Crippen LogP contribution in [-0.4, -0.2) is 17.6 Å². The molecule has 156 valence electrons. The molecule has 1 aromatic heterocycles. The molecular formula is C22H24F3NO3. The predicted octanol–water partition coefficient (Wildman–Crippen LogP) is 6.21. The van der Waals surface area contributed by atoms with Crippen LogP contribution >= 0.6 is 0 Å². The lowest BCUT2D eigenvalue weighted by Gasteiger charge is -2.27. The Labute approximate surface area is 167 Å². The molecule has 3 aliphatic carbocycles. The molecule has 3 saturated carbocycles. The summed E-state index contributed by atoms with van der Waals surface area (Å²) in [6.45, 7) is 0.315. The average molecular weight is 407 g/mol. The molecule has 29 heavy (non-hydrogen) atoms. The molecular weight excluding hydrogens is 383 g/mol. The van der Waals surface area contributed by atoms with Crippen molar-refractivity contribution in [3.63, 3.8) is 0 Å². The van der Waals surface area contributed by atoms with Gasteiger partial charge in [0.15, 0.2) is 0 Å². The second-order valence-electron chi connectivity index (χ2n) is 8.64. The van der Waals surface area contributed by atoms with E-state index in [1.165, 1.54) is 31.4 Å². The standard InChI is InChI=1S/C22H24F3NO3/c23-22(24,25)28-19-4-2-1-3-17(19)20-18(21(29-26-20)15-7-8-15)12-27-16-10-13-5-6-14(9-13)11-16/h1-4,13-16H,5-12H2/t13-,14?,16?/m1/s1. The van der Waals surface area contributed by atoms with Gasteiger partial charge in [0.2, 0.25) is 0 Å². The van der Waals surface area contributed by atoms with E-state index in [1.54, 1.807) is 12.1 Å². The van der Waals surface area contributed by atoms with E-state index in [2.05, 4.69) is 9.89 Å². The van der Waals surface area contributed by atoms with Crippen molar-refractivity contribution in [3.8, 4) is 17.0 Å². The van der Waals surface area contributed by atoms with E-state index in [4.69, 9.17) is 9.26 Å². The number of hydrogen-bond donors (Lipinski definition) is 0. The lowest BCUT2D eigenvalue weighted by atomic mass is 9.87. The second-order valence-corrected chi connectivity index (χ2v) is 8.64. The van der Waals surface area contributed by atoms with Crippen LogP contribution in [0.3, 0.4) is 0 Å². The highest BCUT2D eigenvalue weighted by molar-refractivity contribution is 5.70. The Balaban J connectivity index is 1.41. The summed E-state index contributed by atoms with van der Waals surface area (Å²) in [4.78, 5) is 0. The fourth-order valence-corrected chi connectivity index (χ4v) is 5.00. The summed E-state index contributed by atoms with van der Waals surface area (Å²) in [5.74, 6) is 2.27. The number of fused-ring (bicyclic) bond motifs is 2. The molecule has 2 aromatic rings. The smallest absolute Gasteiger partial charge is 0.405 e. The zero-order chi connectivity index (χ0) is 20.0. The zero-order valence-corrected chi connectivity index (χ0v) is 16.1. The number of nitrogens with zero attached hydrogens (tertiary/aromatic N) is 1. The lowest BCUT2D eigenvalue weighted by molar-refractivity contribution is -0.274. The van der Waals surface area contributed by atoms with Crippen LogP contribution in [0.1, 0.15) is 62.2 Å². The highest BCUT2D eigenvalue weighted by Gasteiger charge is 2.37. The molecule has 2 bridgehead atoms. The van der Waals surface area contributed by atoms with Gasteiger partial charge in [0.1, 0.15) is 17.2 Å². The fraction of sp³-hybridized carbons (Fsp3) is 0.591. The minimum atomic E-state index is -4.77. The van der Waals surface area contributed by atoms with Crippen molar-refractivity contribution < 1.29 is 27.2 Å². The molecule has 0 amide bonds. The molecule has 1 heterocycles. The summed E-state index contributed by atoms with van der Waals surface area (Å²) < 4.78 is 54.7. The Hall–Kier alpha value is -2.02. The molecule has 3 atom stereocenters. The van der Waals surface area contributed by atoms with Crippen LogP contribution in [0.15, 0.2) is 28.8 Å². The Bertz CT molecular complexity index is 862. The van der Waals surface area contributed by atoms with Crippen molar-refractivity contribution in [2.75, 3.05) is 0 Å². The van der Waals surface area contributed by atoms with E-state index in [0.29, 0.717) is 12.3 Å². The molecule has 0 saturated heterocycles. The molecule has 3 fully saturated rings. The van der Waals surface area contributed by atoms with E-state index in [-0.39, 0.29) is 23.3 Å². The van der Waals surface area contributed by atoms with E-state index >= 15 is 0 Å². The molecule has 3 aliphatic rings. The predicted molar refractivity (Wildman–Crippen MR) is 99.2 cm³/mol. The van der Waals surface area contributed by atoms with Crippen LogP contribution in [0.4, 0.5) is 13.2 Å². The van der Waals surface area contributed by atoms with Crippen LogP contribution in [-0.2, 0) is 11.3 Å². The van der Waals surface area contributed by atoms with Crippen molar-refractivity contribution in [2.45, 2.75) is 69.9 Å². The van der Waals surface area contributed by atoms with Gasteiger partial charge < -0.3 is 14.0 Å². The fourth-order valence-electron chi connectivity index (χ4n) is 5.00. The molecule has 0 aliphatic heterocycles. The monoisotopic (exact) mass is 407 g/mol. The molecule has 1 aromatic carbocycles. The van der Waals surface area contributed by atoms with Gasteiger partial charge in [-0.3, -0.25) is 0 Å². The number of rotatable bonds is 6. The van der Waals surface area contributed by atoms with E-state index in [9.17, 15) is 13.2 Å². The summed E-state index contributed by atoms with van der Waals surface area (Å²) in [6.07, 6.45) is 3.50. The largest absolute Gasteiger partial charge is 0.573 e. The van der Waals surface area contributed by atoms with Crippen molar-refractivity contribution >= 4 is 0 Å². The third-order valence-corrected chi connectivity index (χ3v) is 6.44. The maximum Gasteiger partial charge on any atom is 0.573 e. The maximum absolute atomic E-state index is 12.9. The third kappa shape index (κ3) is 4.15. The molecule has 0 radical (unpaired) electrons. The van der Waals surface area contributed by atoms with Crippen molar-refractivity contribution in [2.24, 2.45) is 11.8 Å². The van der Waals surface area contributed by atoms with Gasteiger partial charge >= 0.3 is 6.36 Å². The summed E-state index contributed by atoms with van der Waals surface area (Å²) in [5.41, 5.74) is 1.44. The minimum absolute atomic E-state index is 0.206. The molecule has 7 heteroatoms. The number of benzene rings is 1. The maximum atomic E-state index is 12.9. The zero-order valence-electron chi connectivity index (χ0n) is 16.1. The first-order chi connectivity index (χ1) is 14.0. The summed E-state index contributed by atoms with van der Waals surface area (Å²) in [5, 5.41) is 4.14.